The van der Waals surface area contributed by atoms with Gasteiger partial charge >= 0.3 is 11.9 Å². The van der Waals surface area contributed by atoms with Gasteiger partial charge in [-0.2, -0.15) is 0 Å². The Morgan fingerprint density at radius 1 is 0.938 bits per heavy atom. The molecule has 0 fully saturated rings. The average molecular weight is 463 g/mol. The molecule has 2 aromatic carbocycles. The lowest BCUT2D eigenvalue weighted by Gasteiger charge is -2.22. The number of anilines is 2. The van der Waals surface area contributed by atoms with E-state index in [4.69, 9.17) is 0 Å². The zero-order valence-electron chi connectivity index (χ0n) is 18.5. The molecule has 0 unspecified atom stereocenters. The van der Waals surface area contributed by atoms with E-state index in [0.717, 1.165) is 16.1 Å². The highest BCUT2D eigenvalue weighted by Gasteiger charge is 2.22. The van der Waals surface area contributed by atoms with E-state index in [0.29, 0.717) is 5.69 Å². The number of rotatable bonds is 8. The molecule has 2 rings (SSSR count). The topological polar surface area (TPSA) is 119 Å². The molecule has 32 heavy (non-hydrogen) atoms. The maximum Gasteiger partial charge on any atom is 0.337 e. The lowest BCUT2D eigenvalue weighted by molar-refractivity contribution is -0.114. The van der Waals surface area contributed by atoms with Crippen LogP contribution >= 0.6 is 0 Å². The molecule has 172 valence electrons. The standard InChI is InChI=1S/C22H26N2O7S/c1-14(2)15-6-8-19(9-7-15)24(32(5,28)29)13-20(25)23-18-11-16(21(26)30-3)10-17(12-18)22(27)31-4/h6-12,14H,13H2,1-5H3,(H,23,25). The van der Waals surface area contributed by atoms with Crippen LogP contribution in [-0.4, -0.2) is 53.3 Å². The van der Waals surface area contributed by atoms with Gasteiger partial charge in [0.05, 0.1) is 37.3 Å². The first-order valence-electron chi connectivity index (χ1n) is 9.65. The van der Waals surface area contributed by atoms with Gasteiger partial charge in [-0.1, -0.05) is 26.0 Å². The predicted octanol–water partition coefficient (Wildman–Crippen LogP) is 2.79. The first kappa shape index (κ1) is 24.9. The predicted molar refractivity (Wildman–Crippen MR) is 120 cm³/mol. The van der Waals surface area contributed by atoms with E-state index in [9.17, 15) is 22.8 Å². The Labute approximate surface area is 187 Å². The molecular formula is C22H26N2O7S. The fraction of sp³-hybridized carbons (Fsp3) is 0.318. The van der Waals surface area contributed by atoms with Crippen molar-refractivity contribution in [3.05, 3.63) is 59.2 Å². The molecular weight excluding hydrogens is 436 g/mol. The minimum Gasteiger partial charge on any atom is -0.465 e. The second-order valence-electron chi connectivity index (χ2n) is 7.35. The van der Waals surface area contributed by atoms with Crippen molar-refractivity contribution in [2.45, 2.75) is 19.8 Å². The van der Waals surface area contributed by atoms with Crippen molar-refractivity contribution in [2.24, 2.45) is 0 Å². The molecule has 0 bridgehead atoms. The van der Waals surface area contributed by atoms with Crippen molar-refractivity contribution in [3.8, 4) is 0 Å². The third-order valence-electron chi connectivity index (χ3n) is 4.59. The van der Waals surface area contributed by atoms with E-state index in [2.05, 4.69) is 14.8 Å². The number of benzene rings is 2. The van der Waals surface area contributed by atoms with Crippen LogP contribution in [0.3, 0.4) is 0 Å². The van der Waals surface area contributed by atoms with Gasteiger partial charge in [0, 0.05) is 5.69 Å². The first-order valence-corrected chi connectivity index (χ1v) is 11.5. The maximum absolute atomic E-state index is 12.7. The van der Waals surface area contributed by atoms with Crippen molar-refractivity contribution in [2.75, 3.05) is 36.6 Å². The summed E-state index contributed by atoms with van der Waals surface area (Å²) in [5.41, 5.74) is 1.53. The number of hydrogen-bond donors (Lipinski definition) is 1. The van der Waals surface area contributed by atoms with Crippen molar-refractivity contribution < 1.29 is 32.3 Å². The Morgan fingerprint density at radius 3 is 1.84 bits per heavy atom. The molecule has 0 saturated heterocycles. The van der Waals surface area contributed by atoms with Gasteiger partial charge in [-0.05, 0) is 41.8 Å². The summed E-state index contributed by atoms with van der Waals surface area (Å²) < 4.78 is 35.0. The van der Waals surface area contributed by atoms with Crippen LogP contribution in [0.15, 0.2) is 42.5 Å². The highest BCUT2D eigenvalue weighted by Crippen LogP contribution is 2.22. The van der Waals surface area contributed by atoms with Gasteiger partial charge in [-0.15, -0.1) is 0 Å². The summed E-state index contributed by atoms with van der Waals surface area (Å²) in [7, 11) is -1.40. The maximum atomic E-state index is 12.7. The van der Waals surface area contributed by atoms with Crippen molar-refractivity contribution in [3.63, 3.8) is 0 Å². The fourth-order valence-corrected chi connectivity index (χ4v) is 3.78. The number of carbonyl (C=O) groups excluding carboxylic acids is 3. The van der Waals surface area contributed by atoms with Gasteiger partial charge in [-0.25, -0.2) is 18.0 Å². The molecule has 1 amide bonds. The number of methoxy groups -OCH3 is 2. The third kappa shape index (κ3) is 6.30. The van der Waals surface area contributed by atoms with Crippen LogP contribution in [0, 0.1) is 0 Å². The summed E-state index contributed by atoms with van der Waals surface area (Å²) in [6.45, 7) is 3.53. The van der Waals surface area contributed by atoms with Crippen molar-refractivity contribution >= 4 is 39.2 Å². The normalized spacial score (nSPS) is 11.1. The zero-order chi connectivity index (χ0) is 24.1. The monoisotopic (exact) mass is 462 g/mol. The van der Waals surface area contributed by atoms with Gasteiger partial charge in [0.25, 0.3) is 0 Å². The van der Waals surface area contributed by atoms with Gasteiger partial charge in [-0.3, -0.25) is 9.10 Å². The SMILES string of the molecule is COC(=O)c1cc(NC(=O)CN(c2ccc(C(C)C)cc2)S(C)(=O)=O)cc(C(=O)OC)c1. The Hall–Kier alpha value is -3.40. The van der Waals surface area contributed by atoms with Crippen LogP contribution in [0.4, 0.5) is 11.4 Å². The number of ether oxygens (including phenoxy) is 2. The van der Waals surface area contributed by atoms with E-state index >= 15 is 0 Å². The molecule has 0 radical (unpaired) electrons. The largest absolute Gasteiger partial charge is 0.465 e. The van der Waals surface area contributed by atoms with E-state index < -0.39 is 34.4 Å². The Balaban J connectivity index is 2.31. The Bertz CT molecular complexity index is 1080. The van der Waals surface area contributed by atoms with E-state index in [1.54, 1.807) is 24.3 Å². The third-order valence-corrected chi connectivity index (χ3v) is 5.73. The summed E-state index contributed by atoms with van der Waals surface area (Å²) in [6.07, 6.45) is 1.00. The van der Waals surface area contributed by atoms with Crippen molar-refractivity contribution in [1.29, 1.82) is 0 Å². The molecule has 0 atom stereocenters. The van der Waals surface area contributed by atoms with Crippen LogP contribution in [0.2, 0.25) is 0 Å². The molecule has 10 heteroatoms. The van der Waals surface area contributed by atoms with Crippen LogP contribution in [-0.2, 0) is 24.3 Å². The van der Waals surface area contributed by atoms with Crippen LogP contribution in [0.1, 0.15) is 46.0 Å². The highest BCUT2D eigenvalue weighted by molar-refractivity contribution is 7.92. The molecule has 0 aromatic heterocycles. The molecule has 2 aromatic rings. The quantitative estimate of drug-likeness (QED) is 0.599. The Morgan fingerprint density at radius 2 is 1.44 bits per heavy atom. The zero-order valence-corrected chi connectivity index (χ0v) is 19.4. The summed E-state index contributed by atoms with van der Waals surface area (Å²) in [6, 6.07) is 10.8. The fourth-order valence-electron chi connectivity index (χ4n) is 2.93. The summed E-state index contributed by atoms with van der Waals surface area (Å²) in [5.74, 6) is -1.82. The molecule has 9 nitrogen and oxygen atoms in total. The second kappa shape index (κ2) is 10.3. The molecule has 0 aliphatic carbocycles. The van der Waals surface area contributed by atoms with Gasteiger partial charge in [0.1, 0.15) is 6.54 Å². The molecule has 0 heterocycles. The van der Waals surface area contributed by atoms with Gasteiger partial charge in [0.15, 0.2) is 0 Å². The lowest BCUT2D eigenvalue weighted by atomic mass is 10.0. The molecule has 0 aliphatic heterocycles. The lowest BCUT2D eigenvalue weighted by Crippen LogP contribution is -2.37. The minimum absolute atomic E-state index is 0.0231. The van der Waals surface area contributed by atoms with E-state index in [1.807, 2.05) is 13.8 Å². The van der Waals surface area contributed by atoms with Crippen LogP contribution in [0.25, 0.3) is 0 Å². The smallest absolute Gasteiger partial charge is 0.337 e. The molecule has 1 N–H and O–H groups in total. The molecule has 0 spiro atoms. The number of carbonyl (C=O) groups is 3. The minimum atomic E-state index is -3.77. The number of esters is 2. The highest BCUT2D eigenvalue weighted by atomic mass is 32.2. The average Bonchev–Trinajstić information content (AvgIpc) is 2.75. The summed E-state index contributed by atoms with van der Waals surface area (Å²) >= 11 is 0. The number of hydrogen-bond acceptors (Lipinski definition) is 7. The second-order valence-corrected chi connectivity index (χ2v) is 9.25. The molecule has 0 aliphatic rings. The van der Waals surface area contributed by atoms with Crippen LogP contribution < -0.4 is 9.62 Å². The Kier molecular flexibility index (Phi) is 7.98. The number of nitrogens with zero attached hydrogens (tertiary/aromatic N) is 1. The number of sulfonamides is 1. The van der Waals surface area contributed by atoms with Gasteiger partial charge in [0.2, 0.25) is 15.9 Å². The van der Waals surface area contributed by atoms with E-state index in [-0.39, 0.29) is 22.7 Å². The van der Waals surface area contributed by atoms with E-state index in [1.165, 1.54) is 32.4 Å². The molecule has 0 saturated carbocycles. The van der Waals surface area contributed by atoms with Crippen LogP contribution in [0.5, 0.6) is 0 Å². The summed E-state index contributed by atoms with van der Waals surface area (Å²) in [4.78, 5) is 36.5. The number of nitrogens with one attached hydrogen (secondary N) is 1. The number of amides is 1. The summed E-state index contributed by atoms with van der Waals surface area (Å²) in [5, 5.41) is 2.52. The van der Waals surface area contributed by atoms with Gasteiger partial charge < -0.3 is 14.8 Å². The first-order chi connectivity index (χ1) is 15.0. The van der Waals surface area contributed by atoms with Crippen molar-refractivity contribution in [1.82, 2.24) is 0 Å².